The molecular formula is C25H29NO2. The summed E-state index contributed by atoms with van der Waals surface area (Å²) in [5, 5.41) is 11.7. The number of piperidine rings is 1. The molecule has 4 rings (SSSR count). The normalized spacial score (nSPS) is 15.8. The first-order valence-corrected chi connectivity index (χ1v) is 10.3. The predicted octanol–water partition coefficient (Wildman–Crippen LogP) is 5.19. The van der Waals surface area contributed by atoms with E-state index in [1.54, 1.807) is 12.1 Å². The van der Waals surface area contributed by atoms with E-state index in [1.807, 2.05) is 24.3 Å². The largest absolute Gasteiger partial charge is 0.508 e. The molecule has 1 saturated heterocycles. The molecule has 0 atom stereocenters. The van der Waals surface area contributed by atoms with Crippen LogP contribution in [0.2, 0.25) is 0 Å². The second kappa shape index (κ2) is 8.66. The summed E-state index contributed by atoms with van der Waals surface area (Å²) in [5.74, 6) is 2.00. The second-order valence-electron chi connectivity index (χ2n) is 8.02. The number of likely N-dealkylation sites (tertiary alicyclic amines) is 1. The number of phenols is 1. The van der Waals surface area contributed by atoms with Gasteiger partial charge in [0.25, 0.3) is 0 Å². The number of ether oxygens (including phenoxy) is 1. The number of nitrogens with zero attached hydrogens (tertiary/aromatic N) is 1. The van der Waals surface area contributed by atoms with E-state index in [9.17, 15) is 5.11 Å². The van der Waals surface area contributed by atoms with Gasteiger partial charge in [-0.2, -0.15) is 0 Å². The van der Waals surface area contributed by atoms with E-state index >= 15 is 0 Å². The molecule has 3 nitrogen and oxygen atoms in total. The third kappa shape index (κ3) is 4.85. The first-order chi connectivity index (χ1) is 13.7. The molecule has 1 N–H and O–H groups in total. The molecule has 28 heavy (non-hydrogen) atoms. The average molecular weight is 376 g/mol. The van der Waals surface area contributed by atoms with Crippen molar-refractivity contribution in [2.75, 3.05) is 26.2 Å². The van der Waals surface area contributed by atoms with Crippen molar-refractivity contribution >= 4 is 10.8 Å². The summed E-state index contributed by atoms with van der Waals surface area (Å²) in [6, 6.07) is 20.4. The van der Waals surface area contributed by atoms with Gasteiger partial charge in [0.05, 0.1) is 0 Å². The van der Waals surface area contributed by atoms with Crippen LogP contribution in [0.4, 0.5) is 0 Å². The van der Waals surface area contributed by atoms with Crippen molar-refractivity contribution in [1.82, 2.24) is 4.90 Å². The maximum Gasteiger partial charge on any atom is 0.120 e. The zero-order valence-electron chi connectivity index (χ0n) is 16.6. The Balaban J connectivity index is 1.21. The molecule has 0 amide bonds. The van der Waals surface area contributed by atoms with Crippen molar-refractivity contribution < 1.29 is 9.84 Å². The molecule has 3 aromatic carbocycles. The van der Waals surface area contributed by atoms with Gasteiger partial charge in [-0.05, 0) is 85.8 Å². The van der Waals surface area contributed by atoms with E-state index in [2.05, 4.69) is 36.1 Å². The van der Waals surface area contributed by atoms with Crippen molar-refractivity contribution in [3.63, 3.8) is 0 Å². The highest BCUT2D eigenvalue weighted by atomic mass is 16.5. The van der Waals surface area contributed by atoms with Crippen molar-refractivity contribution in [3.8, 4) is 11.5 Å². The fourth-order valence-corrected chi connectivity index (χ4v) is 4.07. The molecule has 0 aromatic heterocycles. The lowest BCUT2D eigenvalue weighted by Gasteiger charge is -2.32. The molecule has 146 valence electrons. The number of rotatable bonds is 6. The maximum absolute atomic E-state index is 9.56. The monoisotopic (exact) mass is 375 g/mol. The van der Waals surface area contributed by atoms with E-state index in [0.29, 0.717) is 12.4 Å². The molecule has 0 saturated carbocycles. The highest BCUT2D eigenvalue weighted by Gasteiger charge is 2.19. The van der Waals surface area contributed by atoms with Crippen molar-refractivity contribution in [2.45, 2.75) is 26.2 Å². The Labute approximate surface area is 167 Å². The number of benzene rings is 3. The van der Waals surface area contributed by atoms with Crippen LogP contribution in [0.25, 0.3) is 10.8 Å². The molecule has 1 fully saturated rings. The van der Waals surface area contributed by atoms with E-state index in [4.69, 9.17) is 4.74 Å². The molecule has 1 aliphatic heterocycles. The van der Waals surface area contributed by atoms with Gasteiger partial charge in [-0.15, -0.1) is 0 Å². The zero-order valence-corrected chi connectivity index (χ0v) is 16.6. The van der Waals surface area contributed by atoms with Crippen LogP contribution in [-0.4, -0.2) is 36.2 Å². The summed E-state index contributed by atoms with van der Waals surface area (Å²) >= 11 is 0. The number of aromatic hydroxyl groups is 1. The van der Waals surface area contributed by atoms with Gasteiger partial charge in [-0.1, -0.05) is 42.0 Å². The van der Waals surface area contributed by atoms with Gasteiger partial charge in [0.15, 0.2) is 0 Å². The van der Waals surface area contributed by atoms with Gasteiger partial charge >= 0.3 is 0 Å². The molecule has 0 spiro atoms. The SMILES string of the molecule is Cc1ccc(CC2CCN(CCOc3ccc4cc(O)ccc4c3)CC2)cc1. The van der Waals surface area contributed by atoms with Gasteiger partial charge in [-0.25, -0.2) is 0 Å². The second-order valence-corrected chi connectivity index (χ2v) is 8.02. The highest BCUT2D eigenvalue weighted by molar-refractivity contribution is 5.85. The first-order valence-electron chi connectivity index (χ1n) is 10.3. The smallest absolute Gasteiger partial charge is 0.120 e. The van der Waals surface area contributed by atoms with Crippen molar-refractivity contribution in [3.05, 3.63) is 71.8 Å². The van der Waals surface area contributed by atoms with Crippen LogP contribution >= 0.6 is 0 Å². The van der Waals surface area contributed by atoms with Crippen molar-refractivity contribution in [2.24, 2.45) is 5.92 Å². The Hall–Kier alpha value is -2.52. The van der Waals surface area contributed by atoms with Crippen LogP contribution in [-0.2, 0) is 6.42 Å². The zero-order chi connectivity index (χ0) is 19.3. The predicted molar refractivity (Wildman–Crippen MR) is 115 cm³/mol. The number of hydrogen-bond acceptors (Lipinski definition) is 3. The number of fused-ring (bicyclic) bond motifs is 1. The third-order valence-corrected chi connectivity index (χ3v) is 5.82. The minimum atomic E-state index is 0.298. The molecule has 0 aliphatic carbocycles. The molecule has 1 aliphatic rings. The summed E-state index contributed by atoms with van der Waals surface area (Å²) in [6.45, 7) is 6.16. The topological polar surface area (TPSA) is 32.7 Å². The minimum Gasteiger partial charge on any atom is -0.508 e. The summed E-state index contributed by atoms with van der Waals surface area (Å²) < 4.78 is 5.98. The van der Waals surface area contributed by atoms with E-state index < -0.39 is 0 Å². The average Bonchev–Trinajstić information content (AvgIpc) is 2.71. The number of aryl methyl sites for hydroxylation is 1. The Bertz CT molecular complexity index is 911. The highest BCUT2D eigenvalue weighted by Crippen LogP contribution is 2.25. The van der Waals surface area contributed by atoms with Crippen LogP contribution in [0.1, 0.15) is 24.0 Å². The molecule has 3 heteroatoms. The van der Waals surface area contributed by atoms with E-state index in [-0.39, 0.29) is 0 Å². The summed E-state index contributed by atoms with van der Waals surface area (Å²) in [7, 11) is 0. The molecule has 3 aromatic rings. The van der Waals surface area contributed by atoms with Gasteiger partial charge in [0, 0.05) is 6.54 Å². The lowest BCUT2D eigenvalue weighted by Crippen LogP contribution is -2.37. The molecule has 0 unspecified atom stereocenters. The lowest BCUT2D eigenvalue weighted by molar-refractivity contribution is 0.155. The van der Waals surface area contributed by atoms with Crippen molar-refractivity contribution in [1.29, 1.82) is 0 Å². The van der Waals surface area contributed by atoms with Crippen LogP contribution in [0.15, 0.2) is 60.7 Å². The number of hydrogen-bond donors (Lipinski definition) is 1. The summed E-state index contributed by atoms with van der Waals surface area (Å²) in [6.07, 6.45) is 3.75. The Morgan fingerprint density at radius 3 is 2.43 bits per heavy atom. The molecule has 0 radical (unpaired) electrons. The van der Waals surface area contributed by atoms with Crippen LogP contribution < -0.4 is 4.74 Å². The van der Waals surface area contributed by atoms with Gasteiger partial charge in [0.2, 0.25) is 0 Å². The van der Waals surface area contributed by atoms with E-state index in [0.717, 1.165) is 42.1 Å². The Morgan fingerprint density at radius 2 is 1.64 bits per heavy atom. The maximum atomic E-state index is 9.56. The summed E-state index contributed by atoms with van der Waals surface area (Å²) in [4.78, 5) is 2.52. The quantitative estimate of drug-likeness (QED) is 0.644. The first kappa shape index (κ1) is 18.8. The molecule has 1 heterocycles. The standard InChI is InChI=1S/C25H29NO2/c1-19-2-4-20(5-3-19)16-21-10-12-26(13-11-21)14-15-28-25-9-7-22-17-24(27)8-6-23(22)18-25/h2-9,17-18,21,27H,10-16H2,1H3. The Morgan fingerprint density at radius 1 is 0.929 bits per heavy atom. The van der Waals surface area contributed by atoms with Crippen LogP contribution in [0, 0.1) is 12.8 Å². The van der Waals surface area contributed by atoms with E-state index in [1.165, 1.54) is 30.4 Å². The fourth-order valence-electron chi connectivity index (χ4n) is 4.07. The summed E-state index contributed by atoms with van der Waals surface area (Å²) in [5.41, 5.74) is 2.81. The molecule has 0 bridgehead atoms. The van der Waals surface area contributed by atoms with Crippen LogP contribution in [0.3, 0.4) is 0 Å². The number of phenolic OH excluding ortho intramolecular Hbond substituents is 1. The van der Waals surface area contributed by atoms with Crippen LogP contribution in [0.5, 0.6) is 11.5 Å². The molecular weight excluding hydrogens is 346 g/mol. The van der Waals surface area contributed by atoms with Gasteiger partial charge < -0.3 is 9.84 Å². The minimum absolute atomic E-state index is 0.298. The fraction of sp³-hybridized carbons (Fsp3) is 0.360. The lowest BCUT2D eigenvalue weighted by atomic mass is 9.90. The van der Waals surface area contributed by atoms with Gasteiger partial charge in [0.1, 0.15) is 18.1 Å². The Kier molecular flexibility index (Phi) is 5.82. The third-order valence-electron chi connectivity index (χ3n) is 5.82. The van der Waals surface area contributed by atoms with Gasteiger partial charge in [-0.3, -0.25) is 4.90 Å².